The van der Waals surface area contributed by atoms with Gasteiger partial charge in [0.2, 0.25) is 0 Å². The van der Waals surface area contributed by atoms with Crippen molar-refractivity contribution in [3.63, 3.8) is 0 Å². The SMILES string of the molecule is O=C(CNCc1ccccc1)n1oc(=O)cc1-c1ccccc1. The largest absolute Gasteiger partial charge is 0.358 e. The summed E-state index contributed by atoms with van der Waals surface area (Å²) in [7, 11) is 0. The standard InChI is InChI=1S/C18H16N2O3/c21-17(13-19-12-14-7-3-1-4-8-14)20-16(11-18(22)23-20)15-9-5-2-6-10-15/h1-11,19H,12-13H2. The molecule has 0 spiro atoms. The zero-order valence-corrected chi connectivity index (χ0v) is 12.4. The fraction of sp³-hybridized carbons (Fsp3) is 0.111. The Morgan fingerprint density at radius 3 is 2.35 bits per heavy atom. The third-order valence-corrected chi connectivity index (χ3v) is 3.40. The van der Waals surface area contributed by atoms with E-state index in [1.807, 2.05) is 60.7 Å². The molecule has 0 aliphatic carbocycles. The van der Waals surface area contributed by atoms with Crippen LogP contribution in [0.15, 0.2) is 76.0 Å². The molecule has 116 valence electrons. The average Bonchev–Trinajstić information content (AvgIpc) is 2.98. The minimum Gasteiger partial charge on any atom is -0.328 e. The molecule has 0 aliphatic heterocycles. The van der Waals surface area contributed by atoms with Crippen LogP contribution in [0.4, 0.5) is 0 Å². The molecule has 0 saturated carbocycles. The highest BCUT2D eigenvalue weighted by Gasteiger charge is 2.15. The second-order valence-corrected chi connectivity index (χ2v) is 5.08. The van der Waals surface area contributed by atoms with E-state index < -0.39 is 5.63 Å². The highest BCUT2D eigenvalue weighted by Crippen LogP contribution is 2.17. The summed E-state index contributed by atoms with van der Waals surface area (Å²) in [4.78, 5) is 23.8. The molecule has 0 radical (unpaired) electrons. The van der Waals surface area contributed by atoms with Crippen LogP contribution in [-0.4, -0.2) is 17.2 Å². The topological polar surface area (TPSA) is 64.2 Å². The van der Waals surface area contributed by atoms with Crippen molar-refractivity contribution in [1.82, 2.24) is 10.1 Å². The van der Waals surface area contributed by atoms with Crippen LogP contribution in [0.1, 0.15) is 10.4 Å². The van der Waals surface area contributed by atoms with E-state index >= 15 is 0 Å². The Hall–Kier alpha value is -2.92. The summed E-state index contributed by atoms with van der Waals surface area (Å²) in [6.45, 7) is 0.644. The van der Waals surface area contributed by atoms with Gasteiger partial charge in [0.25, 0.3) is 5.91 Å². The summed E-state index contributed by atoms with van der Waals surface area (Å²) >= 11 is 0. The number of nitrogens with zero attached hydrogens (tertiary/aromatic N) is 1. The van der Waals surface area contributed by atoms with Crippen molar-refractivity contribution in [3.8, 4) is 11.3 Å². The van der Waals surface area contributed by atoms with Crippen LogP contribution in [0.2, 0.25) is 0 Å². The first-order valence-electron chi connectivity index (χ1n) is 7.31. The van der Waals surface area contributed by atoms with E-state index in [0.29, 0.717) is 12.2 Å². The van der Waals surface area contributed by atoms with Crippen molar-refractivity contribution >= 4 is 5.91 Å². The molecule has 0 amide bonds. The Balaban J connectivity index is 1.72. The highest BCUT2D eigenvalue weighted by atomic mass is 16.5. The number of hydrogen-bond donors (Lipinski definition) is 1. The number of carbonyl (C=O) groups excluding carboxylic acids is 1. The second kappa shape index (κ2) is 6.89. The fourth-order valence-electron chi connectivity index (χ4n) is 2.31. The molecule has 0 atom stereocenters. The van der Waals surface area contributed by atoms with E-state index in [9.17, 15) is 9.59 Å². The van der Waals surface area contributed by atoms with Gasteiger partial charge in [-0.3, -0.25) is 4.79 Å². The molecular weight excluding hydrogens is 292 g/mol. The number of benzene rings is 2. The molecule has 3 rings (SSSR count). The van der Waals surface area contributed by atoms with E-state index in [4.69, 9.17) is 4.52 Å². The third kappa shape index (κ3) is 3.64. The molecule has 5 heteroatoms. The van der Waals surface area contributed by atoms with Crippen molar-refractivity contribution in [2.45, 2.75) is 6.54 Å². The molecule has 0 aliphatic rings. The van der Waals surface area contributed by atoms with E-state index in [2.05, 4.69) is 5.32 Å². The number of aromatic nitrogens is 1. The van der Waals surface area contributed by atoms with E-state index in [-0.39, 0.29) is 12.5 Å². The van der Waals surface area contributed by atoms with Crippen LogP contribution in [0.3, 0.4) is 0 Å². The first kappa shape index (κ1) is 15.0. The van der Waals surface area contributed by atoms with Gasteiger partial charge in [-0.25, -0.2) is 4.79 Å². The van der Waals surface area contributed by atoms with Crippen molar-refractivity contribution < 1.29 is 9.32 Å². The van der Waals surface area contributed by atoms with E-state index in [0.717, 1.165) is 15.9 Å². The van der Waals surface area contributed by atoms with Crippen LogP contribution in [0.25, 0.3) is 11.3 Å². The van der Waals surface area contributed by atoms with Crippen LogP contribution < -0.4 is 10.9 Å². The summed E-state index contributed by atoms with van der Waals surface area (Å²) in [6, 6.07) is 20.3. The van der Waals surface area contributed by atoms with Gasteiger partial charge in [-0.05, 0) is 5.56 Å². The molecule has 5 nitrogen and oxygen atoms in total. The molecule has 1 heterocycles. The summed E-state index contributed by atoms with van der Waals surface area (Å²) in [5.74, 6) is -0.318. The molecule has 0 saturated heterocycles. The maximum absolute atomic E-state index is 12.3. The predicted molar refractivity (Wildman–Crippen MR) is 87.2 cm³/mol. The summed E-state index contributed by atoms with van der Waals surface area (Å²) in [5.41, 5.74) is 1.76. The lowest BCUT2D eigenvalue weighted by atomic mass is 10.1. The number of hydrogen-bond acceptors (Lipinski definition) is 4. The zero-order valence-electron chi connectivity index (χ0n) is 12.4. The normalized spacial score (nSPS) is 10.6. The maximum Gasteiger partial charge on any atom is 0.358 e. The summed E-state index contributed by atoms with van der Waals surface area (Å²) in [6.07, 6.45) is 0. The minimum atomic E-state index is -0.541. The van der Waals surface area contributed by atoms with Crippen LogP contribution in [0, 0.1) is 0 Å². The Morgan fingerprint density at radius 1 is 1.00 bits per heavy atom. The lowest BCUT2D eigenvalue weighted by molar-refractivity contribution is 0.0791. The van der Waals surface area contributed by atoms with Gasteiger partial charge in [0.15, 0.2) is 0 Å². The number of carbonyl (C=O) groups is 1. The average molecular weight is 308 g/mol. The molecule has 0 bridgehead atoms. The van der Waals surface area contributed by atoms with Crippen molar-refractivity contribution in [2.24, 2.45) is 0 Å². The van der Waals surface area contributed by atoms with Crippen LogP contribution >= 0.6 is 0 Å². The molecule has 23 heavy (non-hydrogen) atoms. The first-order valence-corrected chi connectivity index (χ1v) is 7.31. The molecule has 0 fully saturated rings. The maximum atomic E-state index is 12.3. The molecule has 1 N–H and O–H groups in total. The Labute approximate surface area is 133 Å². The summed E-state index contributed by atoms with van der Waals surface area (Å²) < 4.78 is 6.06. The van der Waals surface area contributed by atoms with E-state index in [1.54, 1.807) is 0 Å². The highest BCUT2D eigenvalue weighted by molar-refractivity contribution is 5.84. The monoisotopic (exact) mass is 308 g/mol. The molecule has 0 unspecified atom stereocenters. The first-order chi connectivity index (χ1) is 11.2. The van der Waals surface area contributed by atoms with Gasteiger partial charge in [0.05, 0.1) is 18.3 Å². The van der Waals surface area contributed by atoms with Crippen LogP contribution in [0.5, 0.6) is 0 Å². The van der Waals surface area contributed by atoms with Crippen molar-refractivity contribution in [3.05, 3.63) is 82.7 Å². The Kier molecular flexibility index (Phi) is 4.49. The smallest absolute Gasteiger partial charge is 0.328 e. The summed E-state index contributed by atoms with van der Waals surface area (Å²) in [5, 5.41) is 3.06. The Morgan fingerprint density at radius 2 is 1.65 bits per heavy atom. The van der Waals surface area contributed by atoms with Gasteiger partial charge >= 0.3 is 5.63 Å². The van der Waals surface area contributed by atoms with Gasteiger partial charge in [-0.1, -0.05) is 60.7 Å². The van der Waals surface area contributed by atoms with Crippen LogP contribution in [-0.2, 0) is 6.54 Å². The van der Waals surface area contributed by atoms with Gasteiger partial charge in [-0.15, -0.1) is 4.74 Å². The van der Waals surface area contributed by atoms with E-state index in [1.165, 1.54) is 6.07 Å². The van der Waals surface area contributed by atoms with Gasteiger partial charge < -0.3 is 9.84 Å². The lowest BCUT2D eigenvalue weighted by Crippen LogP contribution is -2.27. The number of rotatable bonds is 5. The quantitative estimate of drug-likeness (QED) is 0.786. The third-order valence-electron chi connectivity index (χ3n) is 3.40. The lowest BCUT2D eigenvalue weighted by Gasteiger charge is -2.07. The minimum absolute atomic E-state index is 0.0757. The van der Waals surface area contributed by atoms with Gasteiger partial charge in [0, 0.05) is 12.1 Å². The van der Waals surface area contributed by atoms with Crippen molar-refractivity contribution in [2.75, 3.05) is 6.54 Å². The zero-order chi connectivity index (χ0) is 16.1. The van der Waals surface area contributed by atoms with Gasteiger partial charge in [-0.2, -0.15) is 0 Å². The molecule has 2 aromatic carbocycles. The van der Waals surface area contributed by atoms with Gasteiger partial charge in [0.1, 0.15) is 0 Å². The molecule has 1 aromatic heterocycles. The fourth-order valence-corrected chi connectivity index (χ4v) is 2.31. The molecular formula is C18H16N2O3. The number of nitrogens with one attached hydrogen (secondary N) is 1. The van der Waals surface area contributed by atoms with Crippen molar-refractivity contribution in [1.29, 1.82) is 0 Å². The predicted octanol–water partition coefficient (Wildman–Crippen LogP) is 2.54. The molecule has 3 aromatic rings. The second-order valence-electron chi connectivity index (χ2n) is 5.08. The Bertz CT molecular complexity index is 835.